The number of rotatable bonds is 1. The lowest BCUT2D eigenvalue weighted by molar-refractivity contribution is -0.138. The third kappa shape index (κ3) is 1.63. The normalized spacial score (nSPS) is 18.5. The average Bonchev–Trinajstić information content (AvgIpc) is 2.19. The summed E-state index contributed by atoms with van der Waals surface area (Å²) in [6.45, 7) is 0. The quantitative estimate of drug-likeness (QED) is 0.586. The average molecular weight is 207 g/mol. The summed E-state index contributed by atoms with van der Waals surface area (Å²) in [5, 5.41) is 27.2. The highest BCUT2D eigenvalue weighted by molar-refractivity contribution is 5.88. The molecule has 0 aliphatic carbocycles. The van der Waals surface area contributed by atoms with Gasteiger partial charge in [-0.15, -0.1) is 0 Å². The lowest BCUT2D eigenvalue weighted by Crippen LogP contribution is -2.24. The minimum atomic E-state index is -0.996. The van der Waals surface area contributed by atoms with Crippen LogP contribution in [0.3, 0.4) is 0 Å². The number of aliphatic imine (C=N–C) groups is 1. The van der Waals surface area contributed by atoms with Crippen LogP contribution < -0.4 is 0 Å². The zero-order chi connectivity index (χ0) is 11.0. The summed E-state index contributed by atoms with van der Waals surface area (Å²) in [6, 6.07) is 1.93. The molecule has 5 heteroatoms. The van der Waals surface area contributed by atoms with Crippen LogP contribution in [0.5, 0.6) is 11.5 Å². The van der Waals surface area contributed by atoms with Crippen molar-refractivity contribution in [1.29, 1.82) is 0 Å². The second kappa shape index (κ2) is 3.27. The van der Waals surface area contributed by atoms with Crippen molar-refractivity contribution in [2.75, 3.05) is 0 Å². The zero-order valence-electron chi connectivity index (χ0n) is 7.71. The molecule has 0 spiro atoms. The highest BCUT2D eigenvalue weighted by Gasteiger charge is 2.22. The maximum atomic E-state index is 10.7. The van der Waals surface area contributed by atoms with Crippen molar-refractivity contribution < 1.29 is 20.1 Å². The van der Waals surface area contributed by atoms with Crippen LogP contribution in [0, 0.1) is 0 Å². The van der Waals surface area contributed by atoms with Gasteiger partial charge in [0.05, 0.1) is 0 Å². The van der Waals surface area contributed by atoms with Gasteiger partial charge in [-0.05, 0) is 23.3 Å². The Balaban J connectivity index is 2.42. The molecular formula is C10H9NO4. The Morgan fingerprint density at radius 3 is 2.67 bits per heavy atom. The Hall–Kier alpha value is -2.04. The summed E-state index contributed by atoms with van der Waals surface area (Å²) in [5.74, 6) is -1.47. The molecule has 3 N–H and O–H groups in total. The molecule has 0 bridgehead atoms. The SMILES string of the molecule is O=C(O)[C@@H]1Cc2cc(O)c(O)cc2C=N1. The molecule has 1 aliphatic rings. The Kier molecular flexibility index (Phi) is 2.07. The molecule has 0 saturated heterocycles. The number of benzene rings is 1. The summed E-state index contributed by atoms with van der Waals surface area (Å²) >= 11 is 0. The van der Waals surface area contributed by atoms with Crippen molar-refractivity contribution >= 4 is 12.2 Å². The molecule has 0 amide bonds. The molecule has 1 heterocycles. The molecule has 0 radical (unpaired) electrons. The smallest absolute Gasteiger partial charge is 0.328 e. The van der Waals surface area contributed by atoms with Gasteiger partial charge in [-0.1, -0.05) is 0 Å². The number of hydrogen-bond acceptors (Lipinski definition) is 4. The van der Waals surface area contributed by atoms with Crippen LogP contribution in [0.25, 0.3) is 0 Å². The van der Waals surface area contributed by atoms with E-state index in [4.69, 9.17) is 5.11 Å². The van der Waals surface area contributed by atoms with E-state index in [0.717, 1.165) is 0 Å². The summed E-state index contributed by atoms with van der Waals surface area (Å²) in [4.78, 5) is 14.5. The molecule has 1 aromatic carbocycles. The highest BCUT2D eigenvalue weighted by atomic mass is 16.4. The van der Waals surface area contributed by atoms with Gasteiger partial charge in [-0.2, -0.15) is 0 Å². The molecule has 0 saturated carbocycles. The fourth-order valence-corrected chi connectivity index (χ4v) is 1.52. The molecule has 1 atom stereocenters. The first-order valence-electron chi connectivity index (χ1n) is 4.39. The van der Waals surface area contributed by atoms with E-state index in [1.54, 1.807) is 0 Å². The summed E-state index contributed by atoms with van der Waals surface area (Å²) in [7, 11) is 0. The van der Waals surface area contributed by atoms with Crippen molar-refractivity contribution in [1.82, 2.24) is 0 Å². The number of carboxylic acid groups (broad SMARTS) is 1. The van der Waals surface area contributed by atoms with Gasteiger partial charge in [0, 0.05) is 12.6 Å². The largest absolute Gasteiger partial charge is 0.504 e. The molecule has 1 aliphatic heterocycles. The Morgan fingerprint density at radius 2 is 2.00 bits per heavy atom. The fraction of sp³-hybridized carbons (Fsp3) is 0.200. The van der Waals surface area contributed by atoms with E-state index >= 15 is 0 Å². The van der Waals surface area contributed by atoms with E-state index < -0.39 is 12.0 Å². The number of nitrogens with zero attached hydrogens (tertiary/aromatic N) is 1. The Morgan fingerprint density at radius 1 is 1.33 bits per heavy atom. The maximum absolute atomic E-state index is 10.7. The molecule has 0 unspecified atom stereocenters. The number of hydrogen-bond donors (Lipinski definition) is 3. The second-order valence-corrected chi connectivity index (χ2v) is 3.38. The van der Waals surface area contributed by atoms with Crippen molar-refractivity contribution in [3.8, 4) is 11.5 Å². The Labute approximate surface area is 85.3 Å². The van der Waals surface area contributed by atoms with Gasteiger partial charge in [0.2, 0.25) is 0 Å². The first-order chi connectivity index (χ1) is 7.08. The first kappa shape index (κ1) is 9.51. The van der Waals surface area contributed by atoms with Crippen molar-refractivity contribution in [2.45, 2.75) is 12.5 Å². The van der Waals surface area contributed by atoms with Gasteiger partial charge in [-0.25, -0.2) is 4.79 Å². The van der Waals surface area contributed by atoms with E-state index in [-0.39, 0.29) is 17.9 Å². The Bertz CT molecular complexity index is 453. The molecule has 0 aromatic heterocycles. The van der Waals surface area contributed by atoms with Gasteiger partial charge in [0.15, 0.2) is 17.5 Å². The number of phenols is 2. The van der Waals surface area contributed by atoms with Crippen LogP contribution in [-0.2, 0) is 11.2 Å². The number of aliphatic carboxylic acids is 1. The molecule has 1 aromatic rings. The topological polar surface area (TPSA) is 90.1 Å². The van der Waals surface area contributed by atoms with E-state index in [9.17, 15) is 15.0 Å². The molecule has 2 rings (SSSR count). The summed E-state index contributed by atoms with van der Waals surface area (Å²) < 4.78 is 0. The predicted octanol–water partition coefficient (Wildman–Crippen LogP) is 0.526. The summed E-state index contributed by atoms with van der Waals surface area (Å²) in [6.07, 6.45) is 1.63. The first-order valence-corrected chi connectivity index (χ1v) is 4.39. The van der Waals surface area contributed by atoms with Crippen molar-refractivity contribution in [3.05, 3.63) is 23.3 Å². The van der Waals surface area contributed by atoms with Crippen LogP contribution in [-0.4, -0.2) is 33.5 Å². The van der Waals surface area contributed by atoms with E-state index in [2.05, 4.69) is 4.99 Å². The van der Waals surface area contributed by atoms with Crippen LogP contribution in [0.4, 0.5) is 0 Å². The second-order valence-electron chi connectivity index (χ2n) is 3.38. The third-order valence-corrected chi connectivity index (χ3v) is 2.33. The van der Waals surface area contributed by atoms with Crippen LogP contribution >= 0.6 is 0 Å². The van der Waals surface area contributed by atoms with Crippen molar-refractivity contribution in [2.24, 2.45) is 4.99 Å². The van der Waals surface area contributed by atoms with Gasteiger partial charge in [0.1, 0.15) is 0 Å². The van der Waals surface area contributed by atoms with Crippen molar-refractivity contribution in [3.63, 3.8) is 0 Å². The van der Waals surface area contributed by atoms with Gasteiger partial charge >= 0.3 is 5.97 Å². The monoisotopic (exact) mass is 207 g/mol. The minimum absolute atomic E-state index is 0.228. The molecular weight excluding hydrogens is 198 g/mol. The van der Waals surface area contributed by atoms with Gasteiger partial charge in [0.25, 0.3) is 0 Å². The molecule has 0 fully saturated rings. The van der Waals surface area contributed by atoms with Gasteiger partial charge in [-0.3, -0.25) is 4.99 Å². The number of phenolic OH excluding ortho intramolecular Hbond substituents is 2. The van der Waals surface area contributed by atoms with E-state index in [0.29, 0.717) is 11.1 Å². The van der Waals surface area contributed by atoms with E-state index in [1.165, 1.54) is 18.3 Å². The predicted molar refractivity (Wildman–Crippen MR) is 52.5 cm³/mol. The summed E-state index contributed by atoms with van der Waals surface area (Å²) in [5.41, 5.74) is 1.32. The number of carboxylic acids is 1. The van der Waals surface area contributed by atoms with E-state index in [1.807, 2.05) is 0 Å². The molecule has 5 nitrogen and oxygen atoms in total. The minimum Gasteiger partial charge on any atom is -0.504 e. The fourth-order valence-electron chi connectivity index (χ4n) is 1.52. The molecule has 15 heavy (non-hydrogen) atoms. The standard InChI is InChI=1S/C10H9NO4/c12-8-2-5-1-7(10(14)15)11-4-6(5)3-9(8)13/h2-4,7,12-13H,1H2,(H,14,15)/t7-/m0/s1. The third-order valence-electron chi connectivity index (χ3n) is 2.33. The number of carbonyl (C=O) groups is 1. The zero-order valence-corrected chi connectivity index (χ0v) is 7.71. The lowest BCUT2D eigenvalue weighted by Gasteiger charge is -2.15. The number of aromatic hydroxyl groups is 2. The lowest BCUT2D eigenvalue weighted by atomic mass is 9.97. The van der Waals surface area contributed by atoms with Crippen LogP contribution in [0.2, 0.25) is 0 Å². The maximum Gasteiger partial charge on any atom is 0.328 e. The van der Waals surface area contributed by atoms with Crippen LogP contribution in [0.1, 0.15) is 11.1 Å². The molecule has 78 valence electrons. The number of fused-ring (bicyclic) bond motifs is 1. The van der Waals surface area contributed by atoms with Gasteiger partial charge < -0.3 is 15.3 Å². The van der Waals surface area contributed by atoms with Crippen LogP contribution in [0.15, 0.2) is 17.1 Å². The highest BCUT2D eigenvalue weighted by Crippen LogP contribution is 2.30.